The fourth-order valence-electron chi connectivity index (χ4n) is 3.20. The minimum Gasteiger partial charge on any atom is -0.493 e. The number of nitrogens with one attached hydrogen (secondary N) is 1. The van der Waals surface area contributed by atoms with E-state index >= 15 is 0 Å². The van der Waals surface area contributed by atoms with Crippen molar-refractivity contribution < 1.29 is 19.1 Å². The molecule has 6 nitrogen and oxygen atoms in total. The number of carbonyl (C=O) groups excluding carboxylic acids is 2. The van der Waals surface area contributed by atoms with Gasteiger partial charge in [-0.05, 0) is 37.0 Å². The largest absolute Gasteiger partial charge is 0.493 e. The molecule has 1 N–H and O–H groups in total. The van der Waals surface area contributed by atoms with Crippen LogP contribution in [0.3, 0.4) is 0 Å². The first-order chi connectivity index (χ1) is 12.6. The number of nitrogens with zero attached hydrogens (tertiary/aromatic N) is 1. The van der Waals surface area contributed by atoms with Gasteiger partial charge in [0.05, 0.1) is 20.6 Å². The smallest absolute Gasteiger partial charge is 0.226 e. The summed E-state index contributed by atoms with van der Waals surface area (Å²) in [6.07, 6.45) is 3.87. The first-order valence-electron chi connectivity index (χ1n) is 9.35. The lowest BCUT2D eigenvalue weighted by molar-refractivity contribution is -0.135. The number of methoxy groups -OCH3 is 2. The predicted octanol–water partition coefficient (Wildman–Crippen LogP) is 2.40. The maximum absolute atomic E-state index is 12.6. The van der Waals surface area contributed by atoms with Gasteiger partial charge < -0.3 is 19.7 Å². The summed E-state index contributed by atoms with van der Waals surface area (Å²) in [5.74, 6) is 1.52. The molecule has 1 aromatic carbocycles. The summed E-state index contributed by atoms with van der Waals surface area (Å²) in [6.45, 7) is 4.12. The third-order valence-electron chi connectivity index (χ3n) is 4.85. The van der Waals surface area contributed by atoms with Gasteiger partial charge in [-0.2, -0.15) is 0 Å². The minimum absolute atomic E-state index is 0.0250. The molecule has 1 fully saturated rings. The van der Waals surface area contributed by atoms with E-state index in [2.05, 4.69) is 12.2 Å². The van der Waals surface area contributed by atoms with Gasteiger partial charge in [-0.15, -0.1) is 0 Å². The van der Waals surface area contributed by atoms with E-state index in [9.17, 15) is 9.59 Å². The van der Waals surface area contributed by atoms with E-state index < -0.39 is 0 Å². The number of rotatable bonds is 8. The van der Waals surface area contributed by atoms with Crippen molar-refractivity contribution in [2.24, 2.45) is 5.92 Å². The van der Waals surface area contributed by atoms with Gasteiger partial charge in [0, 0.05) is 25.6 Å². The van der Waals surface area contributed by atoms with Gasteiger partial charge in [0.1, 0.15) is 0 Å². The molecule has 0 saturated carbocycles. The van der Waals surface area contributed by atoms with Gasteiger partial charge in [-0.3, -0.25) is 9.59 Å². The third-order valence-corrected chi connectivity index (χ3v) is 4.85. The van der Waals surface area contributed by atoms with Crippen LogP contribution in [-0.4, -0.2) is 50.6 Å². The Morgan fingerprint density at radius 3 is 2.46 bits per heavy atom. The van der Waals surface area contributed by atoms with Crippen molar-refractivity contribution in [1.29, 1.82) is 0 Å². The maximum atomic E-state index is 12.6. The lowest BCUT2D eigenvalue weighted by Gasteiger charge is -2.31. The number of amides is 2. The minimum atomic E-state index is 0.0250. The zero-order chi connectivity index (χ0) is 18.9. The average molecular weight is 362 g/mol. The molecule has 26 heavy (non-hydrogen) atoms. The van der Waals surface area contributed by atoms with E-state index in [0.717, 1.165) is 37.8 Å². The van der Waals surface area contributed by atoms with E-state index in [-0.39, 0.29) is 17.7 Å². The number of benzene rings is 1. The Morgan fingerprint density at radius 1 is 1.15 bits per heavy atom. The molecule has 1 aliphatic heterocycles. The molecule has 0 bridgehead atoms. The van der Waals surface area contributed by atoms with Crippen molar-refractivity contribution in [3.8, 4) is 11.5 Å². The summed E-state index contributed by atoms with van der Waals surface area (Å²) in [5.41, 5.74) is 0.895. The van der Waals surface area contributed by atoms with Crippen LogP contribution in [0.2, 0.25) is 0 Å². The van der Waals surface area contributed by atoms with Crippen LogP contribution >= 0.6 is 0 Å². The number of likely N-dealkylation sites (tertiary alicyclic amines) is 1. The summed E-state index contributed by atoms with van der Waals surface area (Å²) in [7, 11) is 3.17. The molecule has 1 heterocycles. The van der Waals surface area contributed by atoms with Gasteiger partial charge in [0.15, 0.2) is 11.5 Å². The molecule has 0 unspecified atom stereocenters. The Bertz CT molecular complexity index is 610. The van der Waals surface area contributed by atoms with E-state index in [0.29, 0.717) is 31.0 Å². The highest BCUT2D eigenvalue weighted by atomic mass is 16.5. The molecule has 2 rings (SSSR count). The Balaban J connectivity index is 1.84. The fraction of sp³-hybridized carbons (Fsp3) is 0.600. The van der Waals surface area contributed by atoms with Crippen LogP contribution in [0.25, 0.3) is 0 Å². The standard InChI is InChI=1S/C20H30N2O4/c1-4-5-10-21-20(24)16-8-11-22(12-9-16)19(23)14-15-6-7-17(25-2)18(13-15)26-3/h6-7,13,16H,4-5,8-12,14H2,1-3H3,(H,21,24). The highest BCUT2D eigenvalue weighted by Gasteiger charge is 2.27. The van der Waals surface area contributed by atoms with E-state index in [4.69, 9.17) is 9.47 Å². The number of carbonyl (C=O) groups is 2. The summed E-state index contributed by atoms with van der Waals surface area (Å²) in [4.78, 5) is 26.5. The van der Waals surface area contributed by atoms with E-state index in [1.807, 2.05) is 23.1 Å². The molecule has 1 aliphatic rings. The number of piperidine rings is 1. The second-order valence-electron chi connectivity index (χ2n) is 6.67. The first kappa shape index (κ1) is 20.1. The van der Waals surface area contributed by atoms with Crippen LogP contribution in [0.1, 0.15) is 38.2 Å². The Labute approximate surface area is 155 Å². The SMILES string of the molecule is CCCCNC(=O)C1CCN(C(=O)Cc2ccc(OC)c(OC)c2)CC1. The predicted molar refractivity (Wildman–Crippen MR) is 100 cm³/mol. The van der Waals surface area contributed by atoms with Crippen molar-refractivity contribution >= 4 is 11.8 Å². The number of hydrogen-bond donors (Lipinski definition) is 1. The lowest BCUT2D eigenvalue weighted by atomic mass is 9.95. The molecule has 0 aromatic heterocycles. The zero-order valence-electron chi connectivity index (χ0n) is 16.0. The van der Waals surface area contributed by atoms with Gasteiger partial charge in [0.25, 0.3) is 0 Å². The topological polar surface area (TPSA) is 67.9 Å². The lowest BCUT2D eigenvalue weighted by Crippen LogP contribution is -2.43. The van der Waals surface area contributed by atoms with E-state index in [1.165, 1.54) is 0 Å². The molecule has 0 radical (unpaired) electrons. The number of hydrogen-bond acceptors (Lipinski definition) is 4. The van der Waals surface area contributed by atoms with E-state index in [1.54, 1.807) is 14.2 Å². The molecule has 0 atom stereocenters. The molecule has 144 valence electrons. The quantitative estimate of drug-likeness (QED) is 0.721. The average Bonchev–Trinajstić information content (AvgIpc) is 2.68. The third kappa shape index (κ3) is 5.38. The van der Waals surface area contributed by atoms with Crippen molar-refractivity contribution in [1.82, 2.24) is 10.2 Å². The normalized spacial score (nSPS) is 14.8. The second-order valence-corrected chi connectivity index (χ2v) is 6.67. The summed E-state index contributed by atoms with van der Waals surface area (Å²) < 4.78 is 10.5. The summed E-state index contributed by atoms with van der Waals surface area (Å²) >= 11 is 0. The fourth-order valence-corrected chi connectivity index (χ4v) is 3.20. The zero-order valence-corrected chi connectivity index (χ0v) is 16.0. The molecule has 0 aliphatic carbocycles. The van der Waals surface area contributed by atoms with Crippen molar-refractivity contribution in [3.05, 3.63) is 23.8 Å². The molecule has 2 amide bonds. The highest BCUT2D eigenvalue weighted by Crippen LogP contribution is 2.28. The van der Waals surface area contributed by atoms with Crippen LogP contribution in [-0.2, 0) is 16.0 Å². The van der Waals surface area contributed by atoms with Crippen LogP contribution in [0.4, 0.5) is 0 Å². The van der Waals surface area contributed by atoms with Crippen LogP contribution in [0.5, 0.6) is 11.5 Å². The molecule has 1 aromatic rings. The molecule has 1 saturated heterocycles. The maximum Gasteiger partial charge on any atom is 0.226 e. The molecule has 6 heteroatoms. The first-order valence-corrected chi connectivity index (χ1v) is 9.35. The number of unbranched alkanes of at least 4 members (excludes halogenated alkanes) is 1. The van der Waals surface area contributed by atoms with Gasteiger partial charge in [-0.1, -0.05) is 19.4 Å². The Kier molecular flexibility index (Phi) is 7.75. The molecular weight excluding hydrogens is 332 g/mol. The van der Waals surface area contributed by atoms with Crippen molar-refractivity contribution in [2.45, 2.75) is 39.0 Å². The van der Waals surface area contributed by atoms with Crippen molar-refractivity contribution in [3.63, 3.8) is 0 Å². The summed E-state index contributed by atoms with van der Waals surface area (Å²) in [6, 6.07) is 5.53. The van der Waals surface area contributed by atoms with Crippen molar-refractivity contribution in [2.75, 3.05) is 33.9 Å². The summed E-state index contributed by atoms with van der Waals surface area (Å²) in [5, 5.41) is 2.99. The van der Waals surface area contributed by atoms with Gasteiger partial charge >= 0.3 is 0 Å². The molecule has 0 spiro atoms. The van der Waals surface area contributed by atoms with Crippen LogP contribution in [0, 0.1) is 5.92 Å². The molecular formula is C20H30N2O4. The monoisotopic (exact) mass is 362 g/mol. The number of ether oxygens (including phenoxy) is 2. The van der Waals surface area contributed by atoms with Crippen LogP contribution in [0.15, 0.2) is 18.2 Å². The van der Waals surface area contributed by atoms with Crippen LogP contribution < -0.4 is 14.8 Å². The Hall–Kier alpha value is -2.24. The second kappa shape index (κ2) is 10.0. The Morgan fingerprint density at radius 2 is 1.85 bits per heavy atom. The van der Waals surface area contributed by atoms with Gasteiger partial charge in [0.2, 0.25) is 11.8 Å². The highest BCUT2D eigenvalue weighted by molar-refractivity contribution is 5.81. The van der Waals surface area contributed by atoms with Gasteiger partial charge in [-0.25, -0.2) is 0 Å².